The van der Waals surface area contributed by atoms with Crippen molar-refractivity contribution >= 4 is 15.9 Å². The van der Waals surface area contributed by atoms with Gasteiger partial charge in [0, 0.05) is 19.6 Å². The predicted octanol–water partition coefficient (Wildman–Crippen LogP) is 1.68. The summed E-state index contributed by atoms with van der Waals surface area (Å²) in [6, 6.07) is 0. The Hall–Kier alpha value is -0.660. The molecule has 0 aromatic rings. The number of nitrogens with zero attached hydrogens (tertiary/aromatic N) is 2. The van der Waals surface area contributed by atoms with Gasteiger partial charge < -0.3 is 10.2 Å². The van der Waals surface area contributed by atoms with E-state index in [1.54, 1.807) is 0 Å². The van der Waals surface area contributed by atoms with E-state index in [9.17, 15) is 13.2 Å². The molecule has 2 aliphatic rings. The second-order valence-electron chi connectivity index (χ2n) is 7.68. The van der Waals surface area contributed by atoms with Gasteiger partial charge >= 0.3 is 0 Å². The van der Waals surface area contributed by atoms with Crippen molar-refractivity contribution in [3.8, 4) is 0 Å². The summed E-state index contributed by atoms with van der Waals surface area (Å²) in [5.74, 6) is 0.838. The fourth-order valence-electron chi connectivity index (χ4n) is 3.74. The van der Waals surface area contributed by atoms with Gasteiger partial charge in [-0.05, 0) is 64.1 Å². The van der Waals surface area contributed by atoms with Gasteiger partial charge in [0.2, 0.25) is 15.9 Å². The van der Waals surface area contributed by atoms with E-state index in [1.807, 2.05) is 6.92 Å². The monoisotopic (exact) mass is 373 g/mol. The number of carbonyl (C=O) groups excluding carboxylic acids is 1. The topological polar surface area (TPSA) is 69.7 Å². The van der Waals surface area contributed by atoms with Crippen molar-refractivity contribution < 1.29 is 13.2 Å². The minimum absolute atomic E-state index is 0.0173. The van der Waals surface area contributed by atoms with Crippen LogP contribution < -0.4 is 5.32 Å². The van der Waals surface area contributed by atoms with E-state index in [0.29, 0.717) is 26.1 Å². The molecule has 0 radical (unpaired) electrons. The summed E-state index contributed by atoms with van der Waals surface area (Å²) in [4.78, 5) is 14.9. The van der Waals surface area contributed by atoms with Crippen LogP contribution in [0.2, 0.25) is 0 Å². The molecular weight excluding hydrogens is 338 g/mol. The maximum Gasteiger partial charge on any atom is 0.224 e. The van der Waals surface area contributed by atoms with Crippen molar-refractivity contribution in [1.82, 2.24) is 14.5 Å². The molecule has 2 heterocycles. The molecule has 146 valence electrons. The van der Waals surface area contributed by atoms with Crippen LogP contribution in [0.3, 0.4) is 0 Å². The quantitative estimate of drug-likeness (QED) is 0.657. The molecule has 2 fully saturated rings. The summed E-state index contributed by atoms with van der Waals surface area (Å²) < 4.78 is 25.9. The summed E-state index contributed by atoms with van der Waals surface area (Å²) in [7, 11) is -3.20. The van der Waals surface area contributed by atoms with Crippen LogP contribution in [0.1, 0.15) is 52.4 Å². The Balaban J connectivity index is 1.68. The lowest BCUT2D eigenvalue weighted by atomic mass is 9.98. The molecule has 0 aliphatic carbocycles. The Morgan fingerprint density at radius 2 is 1.88 bits per heavy atom. The fraction of sp³-hybridized carbons (Fsp3) is 0.944. The Kier molecular flexibility index (Phi) is 8.16. The van der Waals surface area contributed by atoms with E-state index < -0.39 is 10.0 Å². The number of rotatable bonds is 8. The van der Waals surface area contributed by atoms with Crippen LogP contribution in [0.5, 0.6) is 0 Å². The van der Waals surface area contributed by atoms with E-state index in [2.05, 4.69) is 17.1 Å². The van der Waals surface area contributed by atoms with Gasteiger partial charge in [-0.1, -0.05) is 13.8 Å². The third-order valence-corrected chi connectivity index (χ3v) is 7.48. The van der Waals surface area contributed by atoms with Crippen LogP contribution in [0.15, 0.2) is 0 Å². The summed E-state index contributed by atoms with van der Waals surface area (Å²) in [6.45, 7) is 9.14. The first-order valence-corrected chi connectivity index (χ1v) is 11.5. The third-order valence-electron chi connectivity index (χ3n) is 5.44. The standard InChI is InChI=1S/C18H35N3O3S/c1-3-14-25(23,24)21-11-4-6-17(15-21)18(22)19-9-5-10-20-12-7-16(2)8-13-20/h16-17H,3-15H2,1-2H3,(H,19,22)/t17-/m1/s1. The Morgan fingerprint density at radius 1 is 1.16 bits per heavy atom. The number of amides is 1. The Bertz CT molecular complexity index is 516. The highest BCUT2D eigenvalue weighted by Gasteiger charge is 2.31. The van der Waals surface area contributed by atoms with Gasteiger partial charge in [0.15, 0.2) is 0 Å². The summed E-state index contributed by atoms with van der Waals surface area (Å²) in [5, 5.41) is 3.02. The average Bonchev–Trinajstić information content (AvgIpc) is 2.60. The molecule has 2 saturated heterocycles. The first-order valence-electron chi connectivity index (χ1n) is 9.90. The number of piperidine rings is 2. The zero-order valence-corrected chi connectivity index (χ0v) is 16.7. The lowest BCUT2D eigenvalue weighted by Crippen LogP contribution is -2.46. The van der Waals surface area contributed by atoms with Gasteiger partial charge in [-0.25, -0.2) is 12.7 Å². The Morgan fingerprint density at radius 3 is 2.56 bits per heavy atom. The first kappa shape index (κ1) is 20.6. The summed E-state index contributed by atoms with van der Waals surface area (Å²) in [6.07, 6.45) is 5.68. The van der Waals surface area contributed by atoms with Crippen molar-refractivity contribution in [1.29, 1.82) is 0 Å². The number of hydrogen-bond donors (Lipinski definition) is 1. The molecule has 7 heteroatoms. The lowest BCUT2D eigenvalue weighted by molar-refractivity contribution is -0.126. The normalized spacial score (nSPS) is 24.3. The first-order chi connectivity index (χ1) is 11.9. The number of nitrogens with one attached hydrogen (secondary N) is 1. The highest BCUT2D eigenvalue weighted by atomic mass is 32.2. The smallest absolute Gasteiger partial charge is 0.224 e. The van der Waals surface area contributed by atoms with Gasteiger partial charge in [-0.15, -0.1) is 0 Å². The van der Waals surface area contributed by atoms with Gasteiger partial charge in [0.25, 0.3) is 0 Å². The molecule has 6 nitrogen and oxygen atoms in total. The van der Waals surface area contributed by atoms with Crippen LogP contribution >= 0.6 is 0 Å². The zero-order valence-electron chi connectivity index (χ0n) is 15.9. The van der Waals surface area contributed by atoms with Crippen LogP contribution in [-0.2, 0) is 14.8 Å². The number of carbonyl (C=O) groups is 1. The molecule has 0 bridgehead atoms. The summed E-state index contributed by atoms with van der Waals surface area (Å²) in [5.41, 5.74) is 0. The van der Waals surface area contributed by atoms with Crippen molar-refractivity contribution in [3.63, 3.8) is 0 Å². The van der Waals surface area contributed by atoms with Crippen LogP contribution in [0, 0.1) is 11.8 Å². The van der Waals surface area contributed by atoms with Crippen LogP contribution in [0.25, 0.3) is 0 Å². The summed E-state index contributed by atoms with van der Waals surface area (Å²) >= 11 is 0. The molecule has 1 amide bonds. The second kappa shape index (κ2) is 9.88. The number of likely N-dealkylation sites (tertiary alicyclic amines) is 1. The molecule has 2 rings (SSSR count). The largest absolute Gasteiger partial charge is 0.356 e. The van der Waals surface area contributed by atoms with E-state index in [1.165, 1.54) is 30.2 Å². The van der Waals surface area contributed by atoms with Gasteiger partial charge in [0.05, 0.1) is 11.7 Å². The van der Waals surface area contributed by atoms with E-state index in [-0.39, 0.29) is 17.6 Å². The molecule has 25 heavy (non-hydrogen) atoms. The lowest BCUT2D eigenvalue weighted by Gasteiger charge is -2.31. The highest BCUT2D eigenvalue weighted by Crippen LogP contribution is 2.20. The molecule has 0 unspecified atom stereocenters. The van der Waals surface area contributed by atoms with Crippen LogP contribution in [0.4, 0.5) is 0 Å². The van der Waals surface area contributed by atoms with E-state index in [0.717, 1.165) is 31.7 Å². The second-order valence-corrected chi connectivity index (χ2v) is 9.77. The maximum atomic E-state index is 12.4. The highest BCUT2D eigenvalue weighted by molar-refractivity contribution is 7.89. The predicted molar refractivity (Wildman–Crippen MR) is 101 cm³/mol. The Labute approximate surface area is 153 Å². The molecule has 1 atom stereocenters. The molecule has 0 aromatic heterocycles. The third kappa shape index (κ3) is 6.53. The molecule has 0 saturated carbocycles. The molecule has 2 aliphatic heterocycles. The van der Waals surface area contributed by atoms with Crippen molar-refractivity contribution in [2.75, 3.05) is 45.0 Å². The van der Waals surface area contributed by atoms with Gasteiger partial charge in [-0.3, -0.25) is 4.79 Å². The number of sulfonamides is 1. The van der Waals surface area contributed by atoms with Crippen molar-refractivity contribution in [2.45, 2.75) is 52.4 Å². The zero-order chi connectivity index (χ0) is 18.3. The van der Waals surface area contributed by atoms with Crippen LogP contribution in [-0.4, -0.2) is 68.6 Å². The molecule has 1 N–H and O–H groups in total. The molecular formula is C18H35N3O3S. The minimum atomic E-state index is -3.20. The van der Waals surface area contributed by atoms with E-state index in [4.69, 9.17) is 0 Å². The van der Waals surface area contributed by atoms with Gasteiger partial charge in [-0.2, -0.15) is 0 Å². The number of hydrogen-bond acceptors (Lipinski definition) is 4. The SMILES string of the molecule is CCCS(=O)(=O)N1CCC[C@@H](C(=O)NCCCN2CCC(C)CC2)C1. The van der Waals surface area contributed by atoms with Crippen molar-refractivity contribution in [2.24, 2.45) is 11.8 Å². The van der Waals surface area contributed by atoms with E-state index >= 15 is 0 Å². The minimum Gasteiger partial charge on any atom is -0.356 e. The van der Waals surface area contributed by atoms with Crippen molar-refractivity contribution in [3.05, 3.63) is 0 Å². The van der Waals surface area contributed by atoms with Gasteiger partial charge in [0.1, 0.15) is 0 Å². The molecule has 0 aromatic carbocycles. The maximum absolute atomic E-state index is 12.4. The fourth-order valence-corrected chi connectivity index (χ4v) is 5.33. The molecule has 0 spiro atoms. The average molecular weight is 374 g/mol.